The van der Waals surface area contributed by atoms with E-state index in [1.807, 2.05) is 12.1 Å². The highest BCUT2D eigenvalue weighted by Crippen LogP contribution is 2.32. The number of hydrogen-bond acceptors (Lipinski definition) is 6. The van der Waals surface area contributed by atoms with Gasteiger partial charge < -0.3 is 10.2 Å². The number of sulfonamides is 1. The molecule has 0 radical (unpaired) electrons. The zero-order valence-electron chi connectivity index (χ0n) is 16.3. The fourth-order valence-corrected chi connectivity index (χ4v) is 5.39. The molecule has 1 aliphatic heterocycles. The molecule has 1 aromatic heterocycles. The molecule has 0 spiro atoms. The molecule has 0 bridgehead atoms. The summed E-state index contributed by atoms with van der Waals surface area (Å²) < 4.78 is 28.0. The van der Waals surface area contributed by atoms with Crippen molar-refractivity contribution in [3.63, 3.8) is 0 Å². The van der Waals surface area contributed by atoms with Crippen LogP contribution in [0.25, 0.3) is 10.2 Å². The highest BCUT2D eigenvalue weighted by Gasteiger charge is 2.18. The number of nitrogens with zero attached hydrogens (tertiary/aromatic N) is 2. The van der Waals surface area contributed by atoms with Crippen LogP contribution in [-0.4, -0.2) is 38.9 Å². The molecule has 7 nitrogen and oxygen atoms in total. The van der Waals surface area contributed by atoms with Crippen molar-refractivity contribution in [3.05, 3.63) is 60.7 Å². The lowest BCUT2D eigenvalue weighted by atomic mass is 10.2. The molecule has 2 aromatic carbocycles. The lowest BCUT2D eigenvalue weighted by Gasteiger charge is -2.11. The Hall–Kier alpha value is -2.75. The summed E-state index contributed by atoms with van der Waals surface area (Å²) in [5.74, 6) is -0.376. The predicted molar refractivity (Wildman–Crippen MR) is 121 cm³/mol. The normalized spacial score (nSPS) is 14.2. The smallest absolute Gasteiger partial charge is 0.255 e. The molecule has 156 valence electrons. The van der Waals surface area contributed by atoms with Crippen LogP contribution in [0, 0.1) is 0 Å². The van der Waals surface area contributed by atoms with Crippen LogP contribution in [0.5, 0.6) is 0 Å². The van der Waals surface area contributed by atoms with E-state index in [9.17, 15) is 13.2 Å². The summed E-state index contributed by atoms with van der Waals surface area (Å²) in [7, 11) is -3.70. The Morgan fingerprint density at radius 3 is 2.77 bits per heavy atom. The molecule has 0 saturated carbocycles. The topological polar surface area (TPSA) is 91.4 Å². The number of thiazole rings is 1. The second-order valence-corrected chi connectivity index (χ2v) is 9.77. The standard InChI is InChI=1S/C21H22N4O3S2/c1-2-10-22-30(27,28)17-7-5-6-15(13-17)20(26)23-16-8-9-18-19(14-16)29-21(24-18)25-11-3-4-12-25/h2,5-9,13-14,22H,1,3-4,10-12H2,(H,23,26). The number of rotatable bonds is 7. The lowest BCUT2D eigenvalue weighted by Crippen LogP contribution is -2.24. The Balaban J connectivity index is 1.52. The van der Waals surface area contributed by atoms with E-state index in [1.54, 1.807) is 29.5 Å². The number of carbonyl (C=O) groups excluding carboxylic acids is 1. The van der Waals surface area contributed by atoms with Gasteiger partial charge in [-0.1, -0.05) is 23.5 Å². The fraction of sp³-hybridized carbons (Fsp3) is 0.238. The van der Waals surface area contributed by atoms with Crippen molar-refractivity contribution in [1.29, 1.82) is 0 Å². The van der Waals surface area contributed by atoms with Crippen molar-refractivity contribution < 1.29 is 13.2 Å². The molecule has 30 heavy (non-hydrogen) atoms. The third-order valence-corrected chi connectivity index (χ3v) is 7.34. The van der Waals surface area contributed by atoms with E-state index in [0.717, 1.165) is 28.4 Å². The van der Waals surface area contributed by atoms with Gasteiger partial charge >= 0.3 is 0 Å². The van der Waals surface area contributed by atoms with Gasteiger partial charge in [-0.2, -0.15) is 0 Å². The van der Waals surface area contributed by atoms with Gasteiger partial charge in [0.05, 0.1) is 15.1 Å². The zero-order valence-corrected chi connectivity index (χ0v) is 17.9. The van der Waals surface area contributed by atoms with Crippen molar-refractivity contribution in [2.24, 2.45) is 0 Å². The van der Waals surface area contributed by atoms with Crippen LogP contribution in [0.2, 0.25) is 0 Å². The fourth-order valence-electron chi connectivity index (χ4n) is 3.29. The molecular formula is C21H22N4O3S2. The Bertz CT molecular complexity index is 1200. The van der Waals surface area contributed by atoms with Crippen molar-refractivity contribution in [1.82, 2.24) is 9.71 Å². The van der Waals surface area contributed by atoms with Gasteiger partial charge in [0.25, 0.3) is 5.91 Å². The Labute approximate surface area is 179 Å². The second kappa shape index (κ2) is 8.55. The summed E-state index contributed by atoms with van der Waals surface area (Å²) in [6.45, 7) is 5.68. The predicted octanol–water partition coefficient (Wildman–Crippen LogP) is 3.61. The van der Waals surface area contributed by atoms with E-state index >= 15 is 0 Å². The summed E-state index contributed by atoms with van der Waals surface area (Å²) in [6.07, 6.45) is 3.84. The Morgan fingerprint density at radius 2 is 2.00 bits per heavy atom. The molecule has 3 aromatic rings. The maximum absolute atomic E-state index is 12.7. The number of hydrogen-bond donors (Lipinski definition) is 2. The second-order valence-electron chi connectivity index (χ2n) is 7.00. The first-order chi connectivity index (χ1) is 14.5. The molecule has 1 saturated heterocycles. The molecule has 1 aliphatic rings. The van der Waals surface area contributed by atoms with Crippen molar-refractivity contribution in [3.8, 4) is 0 Å². The van der Waals surface area contributed by atoms with Gasteiger partial charge in [-0.05, 0) is 49.2 Å². The van der Waals surface area contributed by atoms with E-state index in [0.29, 0.717) is 5.69 Å². The summed E-state index contributed by atoms with van der Waals surface area (Å²) in [5.41, 5.74) is 1.81. The zero-order chi connectivity index (χ0) is 21.1. The maximum Gasteiger partial charge on any atom is 0.255 e. The Kier molecular flexibility index (Phi) is 5.85. The number of anilines is 2. The molecule has 2 heterocycles. The minimum Gasteiger partial charge on any atom is -0.348 e. The minimum atomic E-state index is -3.70. The lowest BCUT2D eigenvalue weighted by molar-refractivity contribution is 0.102. The molecule has 0 aliphatic carbocycles. The van der Waals surface area contributed by atoms with Gasteiger partial charge in [0.1, 0.15) is 0 Å². The third-order valence-electron chi connectivity index (χ3n) is 4.84. The third kappa shape index (κ3) is 4.38. The number of carbonyl (C=O) groups is 1. The maximum atomic E-state index is 12.7. The van der Waals surface area contributed by atoms with Crippen LogP contribution in [0.1, 0.15) is 23.2 Å². The van der Waals surface area contributed by atoms with Gasteiger partial charge in [-0.3, -0.25) is 4.79 Å². The summed E-state index contributed by atoms with van der Waals surface area (Å²) in [5, 5.41) is 3.86. The first-order valence-electron chi connectivity index (χ1n) is 9.64. The SMILES string of the molecule is C=CCNS(=O)(=O)c1cccc(C(=O)Nc2ccc3nc(N4CCCC4)sc3c2)c1. The molecule has 2 N–H and O–H groups in total. The average Bonchev–Trinajstić information content (AvgIpc) is 3.41. The van der Waals surface area contributed by atoms with Crippen LogP contribution in [0.15, 0.2) is 60.0 Å². The Morgan fingerprint density at radius 1 is 1.20 bits per heavy atom. The summed E-state index contributed by atoms with van der Waals surface area (Å²) in [6, 6.07) is 11.5. The number of aromatic nitrogens is 1. The number of benzene rings is 2. The largest absolute Gasteiger partial charge is 0.348 e. The number of amides is 1. The molecule has 0 unspecified atom stereocenters. The number of nitrogens with one attached hydrogen (secondary N) is 2. The van der Waals surface area contributed by atoms with Gasteiger partial charge in [-0.15, -0.1) is 6.58 Å². The van der Waals surface area contributed by atoms with Crippen molar-refractivity contribution in [2.45, 2.75) is 17.7 Å². The average molecular weight is 443 g/mol. The molecule has 0 atom stereocenters. The first kappa shape index (κ1) is 20.5. The van der Waals surface area contributed by atoms with Crippen LogP contribution >= 0.6 is 11.3 Å². The highest BCUT2D eigenvalue weighted by molar-refractivity contribution is 7.89. The van der Waals surface area contributed by atoms with E-state index in [-0.39, 0.29) is 22.9 Å². The van der Waals surface area contributed by atoms with E-state index in [2.05, 4.69) is 26.5 Å². The first-order valence-corrected chi connectivity index (χ1v) is 11.9. The van der Waals surface area contributed by atoms with E-state index in [4.69, 9.17) is 0 Å². The van der Waals surface area contributed by atoms with E-state index < -0.39 is 10.0 Å². The molecule has 4 rings (SSSR count). The number of fused-ring (bicyclic) bond motifs is 1. The minimum absolute atomic E-state index is 0.0326. The van der Waals surface area contributed by atoms with Gasteiger partial charge in [0.15, 0.2) is 5.13 Å². The van der Waals surface area contributed by atoms with Crippen molar-refractivity contribution >= 4 is 48.3 Å². The quantitative estimate of drug-likeness (QED) is 0.546. The monoisotopic (exact) mass is 442 g/mol. The van der Waals surface area contributed by atoms with Crippen LogP contribution in [0.4, 0.5) is 10.8 Å². The van der Waals surface area contributed by atoms with Crippen molar-refractivity contribution in [2.75, 3.05) is 29.9 Å². The van der Waals surface area contributed by atoms with Crippen LogP contribution in [0.3, 0.4) is 0 Å². The van der Waals surface area contributed by atoms with Gasteiger partial charge in [0.2, 0.25) is 10.0 Å². The summed E-state index contributed by atoms with van der Waals surface area (Å²) in [4.78, 5) is 19.7. The van der Waals surface area contributed by atoms with E-state index in [1.165, 1.54) is 31.1 Å². The molecule has 1 amide bonds. The van der Waals surface area contributed by atoms with Gasteiger partial charge in [0, 0.05) is 30.9 Å². The van der Waals surface area contributed by atoms with Gasteiger partial charge in [-0.25, -0.2) is 18.1 Å². The molecular weight excluding hydrogens is 420 g/mol. The van der Waals surface area contributed by atoms with Crippen LogP contribution < -0.4 is 14.9 Å². The molecule has 9 heteroatoms. The van der Waals surface area contributed by atoms with Crippen LogP contribution in [-0.2, 0) is 10.0 Å². The molecule has 1 fully saturated rings. The highest BCUT2D eigenvalue weighted by atomic mass is 32.2. The summed E-state index contributed by atoms with van der Waals surface area (Å²) >= 11 is 1.61.